The lowest BCUT2D eigenvalue weighted by atomic mass is 10.7. The third-order valence-corrected chi connectivity index (χ3v) is 0.175. The second-order valence-electron chi connectivity index (χ2n) is 0.598. The minimum Gasteiger partial charge on any atom is -0.480 e. The van der Waals surface area contributed by atoms with Crippen LogP contribution in [0, 0.1) is 0 Å². The molecular weight excluding hydrogens is 142 g/mol. The van der Waals surface area contributed by atoms with Crippen molar-refractivity contribution in [3.8, 4) is 0 Å². The molecule has 0 rings (SSSR count). The van der Waals surface area contributed by atoms with E-state index in [0.29, 0.717) is 0 Å². The lowest BCUT2D eigenvalue weighted by Gasteiger charge is -1.73. The van der Waals surface area contributed by atoms with Gasteiger partial charge in [0.05, 0.1) is 6.54 Å². The molecule has 0 aromatic carbocycles. The zero-order valence-electron chi connectivity index (χ0n) is 5.55. The van der Waals surface area contributed by atoms with Crippen LogP contribution in [0.1, 0.15) is 0 Å². The molecule has 0 atom stereocenters. The van der Waals surface area contributed by atoms with Crippen molar-refractivity contribution in [1.29, 1.82) is 0 Å². The van der Waals surface area contributed by atoms with Gasteiger partial charge in [-0.1, -0.05) is 0 Å². The van der Waals surface area contributed by atoms with Crippen LogP contribution in [0.5, 0.6) is 0 Å². The zero-order valence-corrected chi connectivity index (χ0v) is 5.55. The highest BCUT2D eigenvalue weighted by molar-refractivity contribution is 5.68. The van der Waals surface area contributed by atoms with Crippen molar-refractivity contribution in [2.75, 3.05) is 6.54 Å². The number of carboxylic acid groups (broad SMARTS) is 1. The van der Waals surface area contributed by atoms with Crippen molar-refractivity contribution in [3.63, 3.8) is 0 Å². The van der Waals surface area contributed by atoms with Gasteiger partial charge in [0.25, 0.3) is 0 Å². The summed E-state index contributed by atoms with van der Waals surface area (Å²) in [5.41, 5.74) is 4.57. The maximum absolute atomic E-state index is 9.24. The lowest BCUT2D eigenvalue weighted by Crippen LogP contribution is -2.10. The maximum atomic E-state index is 9.24. The van der Waals surface area contributed by atoms with Crippen LogP contribution in [-0.4, -0.2) is 34.0 Å². The van der Waals surface area contributed by atoms with Gasteiger partial charge >= 0.3 is 5.97 Å². The Labute approximate surface area is 58.9 Å². The van der Waals surface area contributed by atoms with E-state index in [-0.39, 0.29) is 23.0 Å². The van der Waals surface area contributed by atoms with E-state index in [1.807, 2.05) is 0 Å². The minimum atomic E-state index is -0.968. The maximum Gasteiger partial charge on any atom is 0.317 e. The third kappa shape index (κ3) is 234. The summed E-state index contributed by atoms with van der Waals surface area (Å²) in [4.78, 5) is 9.24. The van der Waals surface area contributed by atoms with Crippen molar-refractivity contribution in [2.24, 2.45) is 5.73 Å². The second kappa shape index (κ2) is 43.0. The summed E-state index contributed by atoms with van der Waals surface area (Å²) in [6, 6.07) is 0. The van der Waals surface area contributed by atoms with Crippen LogP contribution in [0.25, 0.3) is 0 Å². The van der Waals surface area contributed by atoms with Gasteiger partial charge in [0, 0.05) is 0 Å². The van der Waals surface area contributed by atoms with Crippen LogP contribution in [0.3, 0.4) is 0 Å². The van der Waals surface area contributed by atoms with Crippen molar-refractivity contribution >= 4 is 5.97 Å². The number of carboxylic acids is 1. The molecule has 0 aliphatic heterocycles. The first-order chi connectivity index (χ1) is 3.27. The fourth-order valence-corrected chi connectivity index (χ4v) is 0. The van der Waals surface area contributed by atoms with Crippen molar-refractivity contribution in [2.45, 2.75) is 0 Å². The highest BCUT2D eigenvalue weighted by Gasteiger charge is 1.81. The second-order valence-corrected chi connectivity index (χ2v) is 0.598. The summed E-state index contributed by atoms with van der Waals surface area (Å²) in [7, 11) is 0. The van der Waals surface area contributed by atoms with E-state index in [9.17, 15) is 4.79 Å². The number of carbonyl (C=O) groups is 1. The molecule has 0 saturated carbocycles. The molecule has 0 aliphatic carbocycles. The minimum absolute atomic E-state index is 0. The number of hydrogen-bond acceptors (Lipinski definition) is 2. The Morgan fingerprint density at radius 2 is 1.40 bits per heavy atom. The first kappa shape index (κ1) is 35.8. The van der Waals surface area contributed by atoms with Gasteiger partial charge in [0.2, 0.25) is 0 Å². The van der Waals surface area contributed by atoms with Crippen LogP contribution in [-0.2, 0) is 4.79 Å². The first-order valence-corrected chi connectivity index (χ1v) is 1.69. The highest BCUT2D eigenvalue weighted by atomic mass is 16.4. The molecule has 0 saturated heterocycles. The molecule has 0 spiro atoms. The molecule has 0 fully saturated rings. The molecular formula is C4H15NO5. The summed E-state index contributed by atoms with van der Waals surface area (Å²) < 4.78 is 0. The first-order valence-electron chi connectivity index (χ1n) is 1.69. The fourth-order valence-electron chi connectivity index (χ4n) is 0. The molecule has 0 aromatic heterocycles. The molecule has 0 radical (unpaired) electrons. The van der Waals surface area contributed by atoms with Crippen LogP contribution in [0.2, 0.25) is 0 Å². The Balaban J connectivity index is -0.0000000154. The van der Waals surface area contributed by atoms with Gasteiger partial charge in [0.1, 0.15) is 0 Å². The SMILES string of the molecule is C=C.NCC(=O)O.O.O.O. The van der Waals surface area contributed by atoms with E-state index < -0.39 is 5.97 Å². The third-order valence-electron chi connectivity index (χ3n) is 0.175. The van der Waals surface area contributed by atoms with E-state index in [4.69, 9.17) is 5.11 Å². The molecule has 0 aliphatic rings. The van der Waals surface area contributed by atoms with Crippen molar-refractivity contribution in [1.82, 2.24) is 0 Å². The van der Waals surface area contributed by atoms with Gasteiger partial charge in [0.15, 0.2) is 0 Å². The van der Waals surface area contributed by atoms with Crippen LogP contribution in [0.15, 0.2) is 13.2 Å². The molecule has 66 valence electrons. The summed E-state index contributed by atoms with van der Waals surface area (Å²) in [5.74, 6) is -0.968. The van der Waals surface area contributed by atoms with Gasteiger partial charge in [-0.15, -0.1) is 13.2 Å². The predicted molar refractivity (Wildman–Crippen MR) is 38.8 cm³/mol. The quantitative estimate of drug-likeness (QED) is 0.399. The number of rotatable bonds is 1. The topological polar surface area (TPSA) is 158 Å². The molecule has 0 heterocycles. The van der Waals surface area contributed by atoms with Gasteiger partial charge < -0.3 is 27.3 Å². The summed E-state index contributed by atoms with van der Waals surface area (Å²) in [6.07, 6.45) is 0. The Kier molecular flexibility index (Phi) is 154. The van der Waals surface area contributed by atoms with Crippen molar-refractivity contribution < 1.29 is 26.3 Å². The Morgan fingerprint density at radius 1 is 1.30 bits per heavy atom. The van der Waals surface area contributed by atoms with E-state index >= 15 is 0 Å². The molecule has 6 nitrogen and oxygen atoms in total. The van der Waals surface area contributed by atoms with Crippen LogP contribution < -0.4 is 5.73 Å². The lowest BCUT2D eigenvalue weighted by molar-refractivity contribution is -0.135. The Morgan fingerprint density at radius 3 is 1.40 bits per heavy atom. The Bertz CT molecular complexity index is 57.6. The molecule has 0 aromatic rings. The van der Waals surface area contributed by atoms with Crippen LogP contribution in [0.4, 0.5) is 0 Å². The largest absolute Gasteiger partial charge is 0.480 e. The monoisotopic (exact) mass is 157 g/mol. The van der Waals surface area contributed by atoms with Gasteiger partial charge in [-0.2, -0.15) is 0 Å². The average molecular weight is 157 g/mol. The van der Waals surface area contributed by atoms with Gasteiger partial charge in [-0.3, -0.25) is 4.79 Å². The highest BCUT2D eigenvalue weighted by Crippen LogP contribution is 1.43. The summed E-state index contributed by atoms with van der Waals surface area (Å²) >= 11 is 0. The molecule has 0 bridgehead atoms. The number of nitrogens with two attached hydrogens (primary N) is 1. The van der Waals surface area contributed by atoms with Crippen LogP contribution >= 0.6 is 0 Å². The molecule has 10 heavy (non-hydrogen) atoms. The van der Waals surface area contributed by atoms with E-state index in [0.717, 1.165) is 0 Å². The van der Waals surface area contributed by atoms with Gasteiger partial charge in [-0.25, -0.2) is 0 Å². The molecule has 0 unspecified atom stereocenters. The smallest absolute Gasteiger partial charge is 0.317 e. The van der Waals surface area contributed by atoms with Crippen molar-refractivity contribution in [3.05, 3.63) is 13.2 Å². The van der Waals surface area contributed by atoms with E-state index in [2.05, 4.69) is 18.9 Å². The molecule has 0 amide bonds. The van der Waals surface area contributed by atoms with E-state index in [1.165, 1.54) is 0 Å². The molecule has 9 N–H and O–H groups in total. The molecule has 6 heteroatoms. The predicted octanol–water partition coefficient (Wildman–Crippen LogP) is -2.64. The number of hydrogen-bond donors (Lipinski definition) is 2. The average Bonchev–Trinajstić information content (AvgIpc) is 1.73. The standard InChI is InChI=1S/C2H5NO2.C2H4.3H2O/c3-1-2(4)5;1-2;;;/h1,3H2,(H,4,5);1-2H2;3*1H2. The van der Waals surface area contributed by atoms with Gasteiger partial charge in [-0.05, 0) is 0 Å². The van der Waals surface area contributed by atoms with E-state index in [1.54, 1.807) is 0 Å². The zero-order chi connectivity index (χ0) is 6.28. The summed E-state index contributed by atoms with van der Waals surface area (Å²) in [5, 5.41) is 7.60. The normalized spacial score (nSPS) is 4.10. The number of aliphatic carboxylic acids is 1. The Hall–Kier alpha value is -0.950. The fraction of sp³-hybridized carbons (Fsp3) is 0.250. The summed E-state index contributed by atoms with van der Waals surface area (Å²) in [6.45, 7) is 5.72.